The molecule has 1 aliphatic rings. The van der Waals surface area contributed by atoms with Crippen LogP contribution in [-0.4, -0.2) is 35.7 Å². The van der Waals surface area contributed by atoms with Crippen molar-refractivity contribution in [2.24, 2.45) is 0 Å². The Bertz CT molecular complexity index is 1080. The van der Waals surface area contributed by atoms with Crippen molar-refractivity contribution in [1.29, 1.82) is 0 Å². The molecule has 0 spiro atoms. The molecule has 0 radical (unpaired) electrons. The predicted octanol–water partition coefficient (Wildman–Crippen LogP) is 4.54. The van der Waals surface area contributed by atoms with Gasteiger partial charge in [-0.25, -0.2) is 4.68 Å². The standard InChI is InChI=1S/C23H25N3O3S/c1-5-15-9-11-16(12-10-15)26-23-20(14(2)25-26)22(30-13-19(27)24-23)17-7-6-8-18(28-3)21(17)29-4/h6-12,22H,5,13H2,1-4H3,(H,24,27). The number of nitrogens with one attached hydrogen (secondary N) is 1. The van der Waals surface area contributed by atoms with Crippen LogP contribution in [0, 0.1) is 6.92 Å². The summed E-state index contributed by atoms with van der Waals surface area (Å²) < 4.78 is 13.0. The Balaban J connectivity index is 1.89. The minimum atomic E-state index is -0.118. The number of nitrogens with zero attached hydrogens (tertiary/aromatic N) is 2. The van der Waals surface area contributed by atoms with Crippen molar-refractivity contribution in [3.63, 3.8) is 0 Å². The van der Waals surface area contributed by atoms with Gasteiger partial charge in [0.1, 0.15) is 5.82 Å². The number of carbonyl (C=O) groups excluding carboxylic acids is 1. The summed E-state index contributed by atoms with van der Waals surface area (Å²) in [5.41, 5.74) is 4.99. The van der Waals surface area contributed by atoms with Crippen molar-refractivity contribution in [1.82, 2.24) is 9.78 Å². The van der Waals surface area contributed by atoms with Gasteiger partial charge >= 0.3 is 0 Å². The van der Waals surface area contributed by atoms with Crippen LogP contribution in [0.2, 0.25) is 0 Å². The number of thioether (sulfide) groups is 1. The molecule has 1 amide bonds. The molecule has 6 nitrogen and oxygen atoms in total. The maximum atomic E-state index is 12.6. The number of benzene rings is 2. The predicted molar refractivity (Wildman–Crippen MR) is 120 cm³/mol. The molecular formula is C23H25N3O3S. The van der Waals surface area contributed by atoms with Crippen LogP contribution in [0.3, 0.4) is 0 Å². The van der Waals surface area contributed by atoms with Crippen LogP contribution in [0.4, 0.5) is 5.82 Å². The third-order valence-corrected chi connectivity index (χ3v) is 6.56. The van der Waals surface area contributed by atoms with E-state index in [9.17, 15) is 4.79 Å². The Labute approximate surface area is 180 Å². The number of rotatable bonds is 5. The summed E-state index contributed by atoms with van der Waals surface area (Å²) in [5.74, 6) is 2.35. The van der Waals surface area contributed by atoms with Crippen LogP contribution in [0.15, 0.2) is 42.5 Å². The molecule has 7 heteroatoms. The molecule has 0 bridgehead atoms. The van der Waals surface area contributed by atoms with Crippen LogP contribution in [-0.2, 0) is 11.2 Å². The van der Waals surface area contributed by atoms with Gasteiger partial charge in [0.15, 0.2) is 11.5 Å². The highest BCUT2D eigenvalue weighted by molar-refractivity contribution is 8.00. The molecule has 3 aromatic rings. The van der Waals surface area contributed by atoms with Crippen molar-refractivity contribution in [2.75, 3.05) is 25.3 Å². The number of ether oxygens (including phenoxy) is 2. The molecule has 2 aromatic carbocycles. The summed E-state index contributed by atoms with van der Waals surface area (Å²) in [4.78, 5) is 12.6. The van der Waals surface area contributed by atoms with Gasteiger partial charge < -0.3 is 14.8 Å². The van der Waals surface area contributed by atoms with Crippen LogP contribution in [0.1, 0.15) is 34.6 Å². The molecule has 1 N–H and O–H groups in total. The van der Waals surface area contributed by atoms with E-state index in [2.05, 4.69) is 24.4 Å². The van der Waals surface area contributed by atoms with E-state index in [0.717, 1.165) is 28.9 Å². The third kappa shape index (κ3) is 3.54. The van der Waals surface area contributed by atoms with Gasteiger partial charge in [0.25, 0.3) is 0 Å². The van der Waals surface area contributed by atoms with E-state index in [1.165, 1.54) is 5.56 Å². The summed E-state index contributed by atoms with van der Waals surface area (Å²) in [6, 6.07) is 14.1. The highest BCUT2D eigenvalue weighted by Crippen LogP contribution is 2.48. The van der Waals surface area contributed by atoms with Gasteiger partial charge in [0.05, 0.1) is 36.6 Å². The second-order valence-corrected chi connectivity index (χ2v) is 8.19. The second kappa shape index (κ2) is 8.44. The average Bonchev–Trinajstić information content (AvgIpc) is 2.98. The zero-order valence-electron chi connectivity index (χ0n) is 17.6. The molecule has 0 saturated carbocycles. The molecule has 1 unspecified atom stereocenters. The van der Waals surface area contributed by atoms with E-state index < -0.39 is 0 Å². The zero-order chi connectivity index (χ0) is 21.3. The largest absolute Gasteiger partial charge is 0.493 e. The normalized spacial score (nSPS) is 15.9. The molecule has 0 aliphatic carbocycles. The summed E-state index contributed by atoms with van der Waals surface area (Å²) in [6.07, 6.45) is 0.974. The number of fused-ring (bicyclic) bond motifs is 1. The van der Waals surface area contributed by atoms with E-state index in [1.54, 1.807) is 26.0 Å². The fraction of sp³-hybridized carbons (Fsp3) is 0.304. The third-order valence-electron chi connectivity index (χ3n) is 5.31. The Kier molecular flexibility index (Phi) is 5.72. The second-order valence-electron chi connectivity index (χ2n) is 7.10. The van der Waals surface area contributed by atoms with Gasteiger partial charge in [0.2, 0.25) is 5.91 Å². The summed E-state index contributed by atoms with van der Waals surface area (Å²) >= 11 is 1.56. The van der Waals surface area contributed by atoms with Gasteiger partial charge in [-0.05, 0) is 37.1 Å². The molecule has 1 aromatic heterocycles. The molecule has 156 valence electrons. The molecule has 2 heterocycles. The number of aryl methyl sites for hydroxylation is 2. The molecule has 4 rings (SSSR count). The van der Waals surface area contributed by atoms with Gasteiger partial charge in [-0.3, -0.25) is 4.79 Å². The van der Waals surface area contributed by atoms with Crippen molar-refractivity contribution in [2.45, 2.75) is 25.5 Å². The zero-order valence-corrected chi connectivity index (χ0v) is 18.4. The number of hydrogen-bond donors (Lipinski definition) is 1. The fourth-order valence-corrected chi connectivity index (χ4v) is 5.01. The van der Waals surface area contributed by atoms with Crippen molar-refractivity contribution in [3.05, 3.63) is 64.8 Å². The number of carbonyl (C=O) groups is 1. The first-order valence-electron chi connectivity index (χ1n) is 9.88. The Morgan fingerprint density at radius 2 is 1.93 bits per heavy atom. The van der Waals surface area contributed by atoms with E-state index in [4.69, 9.17) is 14.6 Å². The van der Waals surface area contributed by atoms with Crippen LogP contribution < -0.4 is 14.8 Å². The number of anilines is 1. The van der Waals surface area contributed by atoms with Gasteiger partial charge in [-0.15, -0.1) is 11.8 Å². The summed E-state index contributed by atoms with van der Waals surface area (Å²) in [5, 5.41) is 7.74. The highest BCUT2D eigenvalue weighted by atomic mass is 32.2. The Hall–Kier alpha value is -2.93. The maximum Gasteiger partial charge on any atom is 0.235 e. The average molecular weight is 424 g/mol. The summed E-state index contributed by atoms with van der Waals surface area (Å²) in [7, 11) is 3.26. The molecule has 1 atom stereocenters. The number of hydrogen-bond acceptors (Lipinski definition) is 5. The van der Waals surface area contributed by atoms with Crippen molar-refractivity contribution >= 4 is 23.5 Å². The molecular weight excluding hydrogens is 398 g/mol. The fourth-order valence-electron chi connectivity index (χ4n) is 3.81. The monoisotopic (exact) mass is 423 g/mol. The maximum absolute atomic E-state index is 12.6. The first-order valence-corrected chi connectivity index (χ1v) is 10.9. The van der Waals surface area contributed by atoms with E-state index in [1.807, 2.05) is 41.9 Å². The van der Waals surface area contributed by atoms with E-state index >= 15 is 0 Å². The lowest BCUT2D eigenvalue weighted by atomic mass is 10.0. The number of methoxy groups -OCH3 is 2. The lowest BCUT2D eigenvalue weighted by Gasteiger charge is -2.20. The molecule has 0 fully saturated rings. The van der Waals surface area contributed by atoms with Crippen molar-refractivity contribution < 1.29 is 14.3 Å². The van der Waals surface area contributed by atoms with Gasteiger partial charge in [-0.2, -0.15) is 5.10 Å². The Morgan fingerprint density at radius 1 is 1.17 bits per heavy atom. The first-order chi connectivity index (χ1) is 14.6. The van der Waals surface area contributed by atoms with Gasteiger partial charge in [-0.1, -0.05) is 31.2 Å². The minimum Gasteiger partial charge on any atom is -0.493 e. The molecule has 30 heavy (non-hydrogen) atoms. The highest BCUT2D eigenvalue weighted by Gasteiger charge is 2.32. The lowest BCUT2D eigenvalue weighted by Crippen LogP contribution is -2.15. The summed E-state index contributed by atoms with van der Waals surface area (Å²) in [6.45, 7) is 4.11. The SMILES string of the molecule is CCc1ccc(-n2nc(C)c3c2NC(=O)CSC3c2cccc(OC)c2OC)cc1. The molecule has 0 saturated heterocycles. The van der Waals surface area contributed by atoms with E-state index in [-0.39, 0.29) is 11.2 Å². The number of para-hydroxylation sites is 1. The Morgan fingerprint density at radius 3 is 2.60 bits per heavy atom. The van der Waals surface area contributed by atoms with E-state index in [0.29, 0.717) is 23.1 Å². The van der Waals surface area contributed by atoms with Crippen molar-refractivity contribution in [3.8, 4) is 17.2 Å². The van der Waals surface area contributed by atoms with Gasteiger partial charge in [0, 0.05) is 11.1 Å². The van der Waals surface area contributed by atoms with Crippen LogP contribution in [0.5, 0.6) is 11.5 Å². The topological polar surface area (TPSA) is 65.4 Å². The lowest BCUT2D eigenvalue weighted by molar-refractivity contribution is -0.113. The van der Waals surface area contributed by atoms with Crippen LogP contribution in [0.25, 0.3) is 5.69 Å². The number of aromatic nitrogens is 2. The first kappa shape index (κ1) is 20.3. The smallest absolute Gasteiger partial charge is 0.235 e. The minimum absolute atomic E-state index is 0.0445. The quantitative estimate of drug-likeness (QED) is 0.653. The van der Waals surface area contributed by atoms with Crippen LogP contribution >= 0.6 is 11.8 Å². The molecule has 1 aliphatic heterocycles. The number of amides is 1.